The molecule has 1 aromatic heterocycles. The molecule has 0 radical (unpaired) electrons. The molecule has 23 heavy (non-hydrogen) atoms. The van der Waals surface area contributed by atoms with Crippen molar-refractivity contribution in [2.24, 2.45) is 0 Å². The second-order valence-electron chi connectivity index (χ2n) is 4.88. The van der Waals surface area contributed by atoms with Crippen LogP contribution < -0.4 is 11.2 Å². The minimum absolute atomic E-state index is 0.0251. The van der Waals surface area contributed by atoms with E-state index in [1.165, 1.54) is 6.07 Å². The first-order chi connectivity index (χ1) is 10.8. The van der Waals surface area contributed by atoms with Gasteiger partial charge in [-0.15, -0.1) is 0 Å². The maximum absolute atomic E-state index is 12.2. The number of anilines is 1. The van der Waals surface area contributed by atoms with E-state index in [4.69, 9.17) is 10.2 Å². The molecule has 2 aromatic carbocycles. The molecule has 1 heterocycles. The van der Waals surface area contributed by atoms with Crippen LogP contribution in [0.3, 0.4) is 0 Å². The number of benzene rings is 2. The van der Waals surface area contributed by atoms with Crippen LogP contribution in [0.15, 0.2) is 33.5 Å². The normalized spacial score (nSPS) is 11.0. The average molecular weight is 317 g/mol. The van der Waals surface area contributed by atoms with E-state index in [9.17, 15) is 30.3 Å². The minimum Gasteiger partial charge on any atom is -0.508 e. The predicted molar refractivity (Wildman–Crippen MR) is 80.7 cm³/mol. The summed E-state index contributed by atoms with van der Waals surface area (Å²) >= 11 is 0. The van der Waals surface area contributed by atoms with Crippen LogP contribution in [0.5, 0.6) is 28.7 Å². The third kappa shape index (κ3) is 2.13. The van der Waals surface area contributed by atoms with Crippen LogP contribution in [-0.2, 0) is 0 Å². The van der Waals surface area contributed by atoms with E-state index in [2.05, 4.69) is 0 Å². The fourth-order valence-electron chi connectivity index (χ4n) is 2.24. The Morgan fingerprint density at radius 1 is 0.870 bits per heavy atom. The van der Waals surface area contributed by atoms with Crippen molar-refractivity contribution in [3.05, 3.63) is 34.5 Å². The summed E-state index contributed by atoms with van der Waals surface area (Å²) in [4.78, 5) is 12.2. The highest BCUT2D eigenvalue weighted by atomic mass is 16.4. The minimum atomic E-state index is -0.926. The zero-order chi connectivity index (χ0) is 16.9. The van der Waals surface area contributed by atoms with Crippen molar-refractivity contribution in [3.63, 3.8) is 0 Å². The highest BCUT2D eigenvalue weighted by Crippen LogP contribution is 2.40. The summed E-state index contributed by atoms with van der Waals surface area (Å²) in [6.07, 6.45) is 0. The molecule has 0 saturated carbocycles. The Bertz CT molecular complexity index is 984. The molecule has 0 aliphatic heterocycles. The van der Waals surface area contributed by atoms with Crippen molar-refractivity contribution in [1.82, 2.24) is 0 Å². The lowest BCUT2D eigenvalue weighted by Crippen LogP contribution is -2.03. The first kappa shape index (κ1) is 14.4. The van der Waals surface area contributed by atoms with Crippen LogP contribution in [-0.4, -0.2) is 25.5 Å². The van der Waals surface area contributed by atoms with E-state index in [-0.39, 0.29) is 33.7 Å². The van der Waals surface area contributed by atoms with E-state index >= 15 is 0 Å². The zero-order valence-corrected chi connectivity index (χ0v) is 11.4. The topological polar surface area (TPSA) is 157 Å². The Labute approximate surface area is 127 Å². The molecule has 0 atom stereocenters. The molecule has 0 fully saturated rings. The fourth-order valence-corrected chi connectivity index (χ4v) is 2.24. The molecule has 0 saturated heterocycles. The SMILES string of the molecule is Nc1cc(-c2oc3cc(O)cc(O)c3c(=O)c2O)cc(O)c1O. The number of hydrogen-bond acceptors (Lipinski definition) is 8. The number of phenolic OH excluding ortho intramolecular Hbond substituents is 4. The molecule has 0 unspecified atom stereocenters. The number of phenols is 4. The van der Waals surface area contributed by atoms with Gasteiger partial charge in [-0.2, -0.15) is 0 Å². The van der Waals surface area contributed by atoms with Crippen molar-refractivity contribution in [2.75, 3.05) is 5.73 Å². The van der Waals surface area contributed by atoms with Gasteiger partial charge in [-0.05, 0) is 12.1 Å². The Morgan fingerprint density at radius 2 is 1.57 bits per heavy atom. The summed E-state index contributed by atoms with van der Waals surface area (Å²) in [7, 11) is 0. The summed E-state index contributed by atoms with van der Waals surface area (Å²) in [6, 6.07) is 4.24. The largest absolute Gasteiger partial charge is 0.508 e. The third-order valence-corrected chi connectivity index (χ3v) is 3.32. The average Bonchev–Trinajstić information content (AvgIpc) is 2.47. The molecule has 3 rings (SSSR count). The molecule has 8 nitrogen and oxygen atoms in total. The van der Waals surface area contributed by atoms with Gasteiger partial charge >= 0.3 is 0 Å². The van der Waals surface area contributed by atoms with Crippen LogP contribution >= 0.6 is 0 Å². The first-order valence-corrected chi connectivity index (χ1v) is 6.33. The van der Waals surface area contributed by atoms with Crippen LogP contribution in [0.4, 0.5) is 5.69 Å². The standard InChI is InChI=1S/C15H11NO7/c16-7-1-5(2-9(19)12(7)20)15-14(22)13(21)11-8(18)3-6(17)4-10(11)23-15/h1-4,17-20,22H,16H2. The van der Waals surface area contributed by atoms with Crippen LogP contribution in [0.1, 0.15) is 0 Å². The fraction of sp³-hybridized carbons (Fsp3) is 0. The first-order valence-electron chi connectivity index (χ1n) is 6.33. The summed E-state index contributed by atoms with van der Waals surface area (Å²) < 4.78 is 5.35. The van der Waals surface area contributed by atoms with Crippen LogP contribution in [0.2, 0.25) is 0 Å². The Hall–Kier alpha value is -3.55. The quantitative estimate of drug-likeness (QED) is 0.291. The highest BCUT2D eigenvalue weighted by molar-refractivity contribution is 5.88. The molecule has 0 spiro atoms. The molecule has 118 valence electrons. The van der Waals surface area contributed by atoms with Gasteiger partial charge in [-0.3, -0.25) is 4.79 Å². The predicted octanol–water partition coefficient (Wildman–Crippen LogP) is 1.57. The molecule has 0 aliphatic rings. The number of nitrogen functional groups attached to an aromatic ring is 1. The van der Waals surface area contributed by atoms with Gasteiger partial charge in [0.05, 0.1) is 5.69 Å². The Balaban J connectivity index is 2.40. The lowest BCUT2D eigenvalue weighted by atomic mass is 10.1. The maximum Gasteiger partial charge on any atom is 0.238 e. The van der Waals surface area contributed by atoms with Crippen molar-refractivity contribution in [3.8, 4) is 40.1 Å². The van der Waals surface area contributed by atoms with Gasteiger partial charge in [0, 0.05) is 17.7 Å². The third-order valence-electron chi connectivity index (χ3n) is 3.32. The number of aromatic hydroxyl groups is 5. The van der Waals surface area contributed by atoms with E-state index in [1.807, 2.05) is 0 Å². The molecule has 8 heteroatoms. The lowest BCUT2D eigenvalue weighted by Gasteiger charge is -2.09. The van der Waals surface area contributed by atoms with Crippen molar-refractivity contribution < 1.29 is 29.9 Å². The van der Waals surface area contributed by atoms with Gasteiger partial charge in [0.2, 0.25) is 11.2 Å². The van der Waals surface area contributed by atoms with E-state index in [0.717, 1.165) is 18.2 Å². The van der Waals surface area contributed by atoms with Gasteiger partial charge in [0.15, 0.2) is 17.3 Å². The summed E-state index contributed by atoms with van der Waals surface area (Å²) in [5, 5.41) is 48.0. The molecule has 7 N–H and O–H groups in total. The smallest absolute Gasteiger partial charge is 0.238 e. The van der Waals surface area contributed by atoms with Gasteiger partial charge in [-0.25, -0.2) is 0 Å². The van der Waals surface area contributed by atoms with Gasteiger partial charge < -0.3 is 35.7 Å². The van der Waals surface area contributed by atoms with Gasteiger partial charge in [0.25, 0.3) is 0 Å². The van der Waals surface area contributed by atoms with E-state index in [1.54, 1.807) is 0 Å². The Kier molecular flexibility index (Phi) is 2.96. The summed E-state index contributed by atoms with van der Waals surface area (Å²) in [5.41, 5.74) is 4.25. The number of hydrogen-bond donors (Lipinski definition) is 6. The van der Waals surface area contributed by atoms with Crippen LogP contribution in [0.25, 0.3) is 22.3 Å². The zero-order valence-electron chi connectivity index (χ0n) is 11.4. The van der Waals surface area contributed by atoms with Crippen molar-refractivity contribution >= 4 is 16.7 Å². The van der Waals surface area contributed by atoms with Crippen molar-refractivity contribution in [2.45, 2.75) is 0 Å². The van der Waals surface area contributed by atoms with Crippen LogP contribution in [0, 0.1) is 0 Å². The molecule has 3 aromatic rings. The number of fused-ring (bicyclic) bond motifs is 1. The summed E-state index contributed by atoms with van der Waals surface area (Å²) in [5.74, 6) is -3.17. The molecular formula is C15H11NO7. The Morgan fingerprint density at radius 3 is 2.22 bits per heavy atom. The second kappa shape index (κ2) is 4.73. The van der Waals surface area contributed by atoms with E-state index < -0.39 is 28.4 Å². The molecular weight excluding hydrogens is 306 g/mol. The summed E-state index contributed by atoms with van der Waals surface area (Å²) in [6.45, 7) is 0. The number of nitrogens with two attached hydrogens (primary N) is 1. The van der Waals surface area contributed by atoms with Gasteiger partial charge in [0.1, 0.15) is 22.5 Å². The molecule has 0 amide bonds. The monoisotopic (exact) mass is 317 g/mol. The lowest BCUT2D eigenvalue weighted by molar-refractivity contribution is 0.405. The van der Waals surface area contributed by atoms with E-state index in [0.29, 0.717) is 0 Å². The number of rotatable bonds is 1. The highest BCUT2D eigenvalue weighted by Gasteiger charge is 2.20. The molecule has 0 aliphatic carbocycles. The maximum atomic E-state index is 12.2. The van der Waals surface area contributed by atoms with Crippen molar-refractivity contribution in [1.29, 1.82) is 0 Å². The molecule has 0 bridgehead atoms. The second-order valence-corrected chi connectivity index (χ2v) is 4.88. The van der Waals surface area contributed by atoms with Gasteiger partial charge in [-0.1, -0.05) is 0 Å².